The molecule has 0 spiro atoms. The first-order chi connectivity index (χ1) is 11.5. The Labute approximate surface area is 141 Å². The molecule has 5 nitrogen and oxygen atoms in total. The second-order valence-electron chi connectivity index (χ2n) is 5.37. The van der Waals surface area contributed by atoms with Gasteiger partial charge in [-0.25, -0.2) is 4.79 Å². The first-order valence-electron chi connectivity index (χ1n) is 7.52. The van der Waals surface area contributed by atoms with Gasteiger partial charge in [0.2, 0.25) is 0 Å². The smallest absolute Gasteiger partial charge is 0.340 e. The average Bonchev–Trinajstić information content (AvgIpc) is 2.61. The van der Waals surface area contributed by atoms with E-state index in [1.807, 2.05) is 36.4 Å². The van der Waals surface area contributed by atoms with Gasteiger partial charge in [-0.1, -0.05) is 42.5 Å². The normalized spacial score (nSPS) is 11.2. The standard InChI is InChI=1S/C19H18N2O3/c1-14(12-20)24-19(23)17-11-7-6-10-16(17)18(22)21(2)13-15-8-4-3-5-9-15/h3-11,14H,13H2,1-2H3/t14-/m0/s1. The second-order valence-corrected chi connectivity index (χ2v) is 5.37. The van der Waals surface area contributed by atoms with Crippen molar-refractivity contribution in [2.75, 3.05) is 7.05 Å². The molecule has 2 aromatic carbocycles. The third-order valence-corrected chi connectivity index (χ3v) is 3.45. The Hall–Kier alpha value is -3.13. The van der Waals surface area contributed by atoms with Crippen LogP contribution in [-0.2, 0) is 11.3 Å². The Morgan fingerprint density at radius 2 is 1.67 bits per heavy atom. The van der Waals surface area contributed by atoms with Crippen LogP contribution in [0, 0.1) is 11.3 Å². The molecule has 0 fully saturated rings. The van der Waals surface area contributed by atoms with Crippen LogP contribution in [0.2, 0.25) is 0 Å². The summed E-state index contributed by atoms with van der Waals surface area (Å²) in [6.07, 6.45) is -0.872. The van der Waals surface area contributed by atoms with Gasteiger partial charge in [-0.3, -0.25) is 4.79 Å². The van der Waals surface area contributed by atoms with Crippen molar-refractivity contribution in [3.05, 3.63) is 71.3 Å². The molecule has 0 bridgehead atoms. The molecule has 0 radical (unpaired) electrons. The summed E-state index contributed by atoms with van der Waals surface area (Å²) in [4.78, 5) is 26.4. The molecule has 0 aliphatic heterocycles. The third kappa shape index (κ3) is 4.20. The van der Waals surface area contributed by atoms with Gasteiger partial charge >= 0.3 is 5.97 Å². The molecule has 0 heterocycles. The summed E-state index contributed by atoms with van der Waals surface area (Å²) in [6, 6.07) is 17.9. The van der Waals surface area contributed by atoms with E-state index in [4.69, 9.17) is 10.00 Å². The number of hydrogen-bond acceptors (Lipinski definition) is 4. The molecule has 2 rings (SSSR count). The Bertz CT molecular complexity index is 766. The minimum Gasteiger partial charge on any atom is -0.444 e. The van der Waals surface area contributed by atoms with Crippen LogP contribution in [0.5, 0.6) is 0 Å². The van der Waals surface area contributed by atoms with Crippen molar-refractivity contribution in [1.29, 1.82) is 5.26 Å². The zero-order valence-electron chi connectivity index (χ0n) is 13.6. The number of amides is 1. The van der Waals surface area contributed by atoms with Crippen LogP contribution in [-0.4, -0.2) is 29.9 Å². The zero-order valence-corrected chi connectivity index (χ0v) is 13.6. The maximum Gasteiger partial charge on any atom is 0.340 e. The quantitative estimate of drug-likeness (QED) is 0.793. The number of nitrogens with zero attached hydrogens (tertiary/aromatic N) is 2. The molecule has 0 N–H and O–H groups in total. The van der Waals surface area contributed by atoms with E-state index in [1.165, 1.54) is 17.9 Å². The summed E-state index contributed by atoms with van der Waals surface area (Å²) in [7, 11) is 1.68. The minimum atomic E-state index is -0.872. The topological polar surface area (TPSA) is 70.4 Å². The fourth-order valence-electron chi connectivity index (χ4n) is 2.23. The van der Waals surface area contributed by atoms with E-state index in [2.05, 4.69) is 0 Å². The Morgan fingerprint density at radius 1 is 1.08 bits per heavy atom. The number of benzene rings is 2. The van der Waals surface area contributed by atoms with Crippen molar-refractivity contribution in [2.45, 2.75) is 19.6 Å². The summed E-state index contributed by atoms with van der Waals surface area (Å²) in [5, 5.41) is 8.76. The predicted molar refractivity (Wildman–Crippen MR) is 89.2 cm³/mol. The molecule has 0 saturated heterocycles. The Balaban J connectivity index is 2.20. The van der Waals surface area contributed by atoms with Crippen LogP contribution in [0.15, 0.2) is 54.6 Å². The van der Waals surface area contributed by atoms with Crippen LogP contribution in [0.25, 0.3) is 0 Å². The average molecular weight is 322 g/mol. The van der Waals surface area contributed by atoms with Gasteiger partial charge in [0.1, 0.15) is 6.07 Å². The molecule has 0 aliphatic carbocycles. The summed E-state index contributed by atoms with van der Waals surface area (Å²) in [5.41, 5.74) is 1.40. The van der Waals surface area contributed by atoms with Gasteiger partial charge in [-0.05, 0) is 24.6 Å². The molecular weight excluding hydrogens is 304 g/mol. The highest BCUT2D eigenvalue weighted by Crippen LogP contribution is 2.15. The highest BCUT2D eigenvalue weighted by molar-refractivity contribution is 6.05. The molecule has 5 heteroatoms. The summed E-state index contributed by atoms with van der Waals surface area (Å²) in [5.74, 6) is -0.961. The molecule has 122 valence electrons. The lowest BCUT2D eigenvalue weighted by molar-refractivity contribution is 0.0430. The highest BCUT2D eigenvalue weighted by Gasteiger charge is 2.21. The zero-order chi connectivity index (χ0) is 17.5. The molecule has 0 unspecified atom stereocenters. The van der Waals surface area contributed by atoms with Crippen molar-refractivity contribution in [2.24, 2.45) is 0 Å². The fraction of sp³-hybridized carbons (Fsp3) is 0.211. The van der Waals surface area contributed by atoms with Gasteiger partial charge in [0.25, 0.3) is 5.91 Å². The molecule has 1 amide bonds. The number of esters is 1. The lowest BCUT2D eigenvalue weighted by Gasteiger charge is -2.19. The SMILES string of the molecule is C[C@@H](C#N)OC(=O)c1ccccc1C(=O)N(C)Cc1ccccc1. The summed E-state index contributed by atoms with van der Waals surface area (Å²) < 4.78 is 5.00. The molecule has 2 aromatic rings. The van der Waals surface area contributed by atoms with E-state index >= 15 is 0 Å². The van der Waals surface area contributed by atoms with E-state index in [0.29, 0.717) is 6.54 Å². The van der Waals surface area contributed by atoms with Gasteiger partial charge in [0, 0.05) is 13.6 Å². The van der Waals surface area contributed by atoms with Crippen molar-refractivity contribution in [3.63, 3.8) is 0 Å². The Kier molecular flexibility index (Phi) is 5.69. The van der Waals surface area contributed by atoms with Gasteiger partial charge in [-0.15, -0.1) is 0 Å². The molecule has 0 aromatic heterocycles. The van der Waals surface area contributed by atoms with Crippen LogP contribution < -0.4 is 0 Å². The third-order valence-electron chi connectivity index (χ3n) is 3.45. The highest BCUT2D eigenvalue weighted by atomic mass is 16.5. The van der Waals surface area contributed by atoms with Crippen molar-refractivity contribution >= 4 is 11.9 Å². The Morgan fingerprint density at radius 3 is 2.29 bits per heavy atom. The maximum atomic E-state index is 12.7. The number of ether oxygens (including phenoxy) is 1. The van der Waals surface area contributed by atoms with Crippen LogP contribution in [0.1, 0.15) is 33.2 Å². The van der Waals surface area contributed by atoms with Crippen LogP contribution in [0.4, 0.5) is 0 Å². The van der Waals surface area contributed by atoms with Crippen molar-refractivity contribution < 1.29 is 14.3 Å². The number of carbonyl (C=O) groups is 2. The van der Waals surface area contributed by atoms with Crippen LogP contribution in [0.3, 0.4) is 0 Å². The van der Waals surface area contributed by atoms with Gasteiger partial charge in [0.05, 0.1) is 11.1 Å². The van der Waals surface area contributed by atoms with Gasteiger partial charge in [-0.2, -0.15) is 5.26 Å². The van der Waals surface area contributed by atoms with Gasteiger partial charge < -0.3 is 9.64 Å². The monoisotopic (exact) mass is 322 g/mol. The van der Waals surface area contributed by atoms with E-state index in [9.17, 15) is 9.59 Å². The molecule has 1 atom stereocenters. The maximum absolute atomic E-state index is 12.7. The molecule has 0 saturated carbocycles. The first-order valence-corrected chi connectivity index (χ1v) is 7.52. The van der Waals surface area contributed by atoms with E-state index in [-0.39, 0.29) is 17.0 Å². The number of carbonyl (C=O) groups excluding carboxylic acids is 2. The van der Waals surface area contributed by atoms with Gasteiger partial charge in [0.15, 0.2) is 6.10 Å². The minimum absolute atomic E-state index is 0.157. The van der Waals surface area contributed by atoms with E-state index in [0.717, 1.165) is 5.56 Å². The molecular formula is C19H18N2O3. The van der Waals surface area contributed by atoms with E-state index in [1.54, 1.807) is 25.2 Å². The number of hydrogen-bond donors (Lipinski definition) is 0. The van der Waals surface area contributed by atoms with Crippen molar-refractivity contribution in [3.8, 4) is 6.07 Å². The molecule has 24 heavy (non-hydrogen) atoms. The van der Waals surface area contributed by atoms with Crippen molar-refractivity contribution in [1.82, 2.24) is 4.90 Å². The predicted octanol–water partition coefficient (Wildman–Crippen LogP) is 3.03. The van der Waals surface area contributed by atoms with Crippen LogP contribution >= 0.6 is 0 Å². The summed E-state index contributed by atoms with van der Waals surface area (Å²) in [6.45, 7) is 1.90. The first kappa shape index (κ1) is 17.2. The number of rotatable bonds is 5. The fourth-order valence-corrected chi connectivity index (χ4v) is 2.23. The second kappa shape index (κ2) is 7.93. The number of nitriles is 1. The lowest BCUT2D eigenvalue weighted by Crippen LogP contribution is -2.28. The molecule has 0 aliphatic rings. The largest absolute Gasteiger partial charge is 0.444 e. The summed E-state index contributed by atoms with van der Waals surface area (Å²) >= 11 is 0. The lowest BCUT2D eigenvalue weighted by atomic mass is 10.1. The van der Waals surface area contributed by atoms with E-state index < -0.39 is 12.1 Å².